The fourth-order valence-corrected chi connectivity index (χ4v) is 4.14. The van der Waals surface area contributed by atoms with Crippen molar-refractivity contribution in [2.75, 3.05) is 20.0 Å². The van der Waals surface area contributed by atoms with Gasteiger partial charge in [0.25, 0.3) is 5.91 Å². The topological polar surface area (TPSA) is 104 Å². The van der Waals surface area contributed by atoms with E-state index in [2.05, 4.69) is 15.0 Å². The van der Waals surface area contributed by atoms with Crippen LogP contribution in [0.1, 0.15) is 10.5 Å². The molecule has 2 aromatic heterocycles. The lowest BCUT2D eigenvalue weighted by molar-refractivity contribution is 0.0992. The number of carbonyl (C=O) groups is 1. The summed E-state index contributed by atoms with van der Waals surface area (Å²) in [4.78, 5) is 25.0. The third-order valence-electron chi connectivity index (χ3n) is 3.58. The van der Waals surface area contributed by atoms with E-state index in [0.717, 1.165) is 16.5 Å². The summed E-state index contributed by atoms with van der Waals surface area (Å²) in [5.41, 5.74) is 0.921. The molecular formula is C16H16N4O4S2. The van der Waals surface area contributed by atoms with E-state index in [0.29, 0.717) is 18.0 Å². The number of sulfone groups is 1. The molecule has 0 radical (unpaired) electrons. The molecule has 0 aliphatic heterocycles. The number of methoxy groups -OCH3 is 1. The number of carbonyl (C=O) groups excluding carboxylic acids is 1. The Bertz CT molecular complexity index is 1120. The summed E-state index contributed by atoms with van der Waals surface area (Å²) in [5, 5.41) is 0. The van der Waals surface area contributed by atoms with Crippen molar-refractivity contribution < 1.29 is 17.9 Å². The van der Waals surface area contributed by atoms with E-state index in [1.807, 2.05) is 4.57 Å². The second kappa shape index (κ2) is 7.44. The van der Waals surface area contributed by atoms with Gasteiger partial charge >= 0.3 is 0 Å². The lowest BCUT2D eigenvalue weighted by atomic mass is 10.3. The van der Waals surface area contributed by atoms with Crippen LogP contribution in [0.4, 0.5) is 0 Å². The minimum absolute atomic E-state index is 0.139. The smallest absolute Gasteiger partial charge is 0.299 e. The highest BCUT2D eigenvalue weighted by Gasteiger charge is 2.13. The third-order valence-corrected chi connectivity index (χ3v) is 5.73. The van der Waals surface area contributed by atoms with E-state index in [4.69, 9.17) is 4.74 Å². The van der Waals surface area contributed by atoms with Crippen LogP contribution in [0.3, 0.4) is 0 Å². The maximum atomic E-state index is 12.3. The predicted octanol–water partition coefficient (Wildman–Crippen LogP) is 1.28. The SMILES string of the molecule is COCCn1c(=NC(=O)c2cnccn2)sc2cc(S(C)(=O)=O)ccc21. The van der Waals surface area contributed by atoms with Crippen molar-refractivity contribution in [2.24, 2.45) is 4.99 Å². The van der Waals surface area contributed by atoms with Gasteiger partial charge in [-0.2, -0.15) is 4.99 Å². The van der Waals surface area contributed by atoms with Gasteiger partial charge in [-0.3, -0.25) is 9.78 Å². The fourth-order valence-electron chi connectivity index (χ4n) is 2.32. The highest BCUT2D eigenvalue weighted by Crippen LogP contribution is 2.22. The van der Waals surface area contributed by atoms with E-state index < -0.39 is 15.7 Å². The Hall–Kier alpha value is -2.43. The van der Waals surface area contributed by atoms with Crippen LogP contribution in [0.5, 0.6) is 0 Å². The van der Waals surface area contributed by atoms with Crippen molar-refractivity contribution >= 4 is 37.3 Å². The van der Waals surface area contributed by atoms with Crippen molar-refractivity contribution in [3.05, 3.63) is 47.3 Å². The second-order valence-electron chi connectivity index (χ2n) is 5.44. The Morgan fingerprint density at radius 2 is 2.15 bits per heavy atom. The number of ether oxygens (including phenoxy) is 1. The molecule has 8 nitrogen and oxygen atoms in total. The zero-order valence-corrected chi connectivity index (χ0v) is 15.7. The standard InChI is InChI=1S/C16H16N4O4S2/c1-24-8-7-20-13-4-3-11(26(2,22)23)9-14(13)25-16(20)19-15(21)12-10-17-5-6-18-12/h3-6,9-10H,7-8H2,1-2H3. The first-order valence-corrected chi connectivity index (χ1v) is 10.3. The molecule has 0 saturated carbocycles. The molecule has 0 saturated heterocycles. The Morgan fingerprint density at radius 3 is 2.81 bits per heavy atom. The van der Waals surface area contributed by atoms with Crippen LogP contribution in [0.2, 0.25) is 0 Å². The van der Waals surface area contributed by atoms with Crippen LogP contribution in [0.15, 0.2) is 46.7 Å². The van der Waals surface area contributed by atoms with Gasteiger partial charge in [-0.1, -0.05) is 11.3 Å². The molecular weight excluding hydrogens is 376 g/mol. The number of hydrogen-bond acceptors (Lipinski definition) is 7. The van der Waals surface area contributed by atoms with Gasteiger partial charge in [-0.25, -0.2) is 13.4 Å². The summed E-state index contributed by atoms with van der Waals surface area (Å²) in [7, 11) is -1.74. The Labute approximate surface area is 153 Å². The number of nitrogens with zero attached hydrogens (tertiary/aromatic N) is 4. The normalized spacial score (nSPS) is 12.6. The summed E-state index contributed by atoms with van der Waals surface area (Å²) in [5.74, 6) is -0.515. The maximum Gasteiger partial charge on any atom is 0.299 e. The second-order valence-corrected chi connectivity index (χ2v) is 8.46. The number of hydrogen-bond donors (Lipinski definition) is 0. The minimum Gasteiger partial charge on any atom is -0.383 e. The van der Waals surface area contributed by atoms with Crippen molar-refractivity contribution in [3.63, 3.8) is 0 Å². The van der Waals surface area contributed by atoms with Crippen LogP contribution in [-0.2, 0) is 21.1 Å². The van der Waals surface area contributed by atoms with Crippen molar-refractivity contribution in [1.29, 1.82) is 0 Å². The maximum absolute atomic E-state index is 12.3. The highest BCUT2D eigenvalue weighted by molar-refractivity contribution is 7.90. The summed E-state index contributed by atoms with van der Waals surface area (Å²) >= 11 is 1.23. The van der Waals surface area contributed by atoms with Crippen LogP contribution >= 0.6 is 11.3 Å². The molecule has 1 aromatic carbocycles. The van der Waals surface area contributed by atoms with E-state index >= 15 is 0 Å². The third kappa shape index (κ3) is 3.87. The largest absolute Gasteiger partial charge is 0.383 e. The molecule has 3 rings (SSSR count). The number of aromatic nitrogens is 3. The number of rotatable bonds is 5. The fraction of sp³-hybridized carbons (Fsp3) is 0.250. The molecule has 3 aromatic rings. The molecule has 10 heteroatoms. The zero-order chi connectivity index (χ0) is 18.7. The molecule has 0 unspecified atom stereocenters. The molecule has 1 amide bonds. The number of amides is 1. The van der Waals surface area contributed by atoms with Crippen molar-refractivity contribution in [2.45, 2.75) is 11.4 Å². The number of benzene rings is 1. The molecule has 26 heavy (non-hydrogen) atoms. The summed E-state index contributed by atoms with van der Waals surface area (Å²) in [6, 6.07) is 4.84. The van der Waals surface area contributed by atoms with Gasteiger partial charge in [0, 0.05) is 32.3 Å². The van der Waals surface area contributed by atoms with Gasteiger partial charge in [-0.15, -0.1) is 0 Å². The van der Waals surface area contributed by atoms with E-state index in [-0.39, 0.29) is 10.6 Å². The van der Waals surface area contributed by atoms with Crippen LogP contribution in [0.25, 0.3) is 10.2 Å². The Balaban J connectivity index is 2.16. The Morgan fingerprint density at radius 1 is 1.35 bits per heavy atom. The first-order chi connectivity index (χ1) is 12.4. The molecule has 2 heterocycles. The molecule has 0 N–H and O–H groups in total. The highest BCUT2D eigenvalue weighted by atomic mass is 32.2. The zero-order valence-electron chi connectivity index (χ0n) is 14.1. The van der Waals surface area contributed by atoms with E-state index in [1.54, 1.807) is 25.3 Å². The first kappa shape index (κ1) is 18.4. The van der Waals surface area contributed by atoms with Gasteiger partial charge in [0.2, 0.25) is 0 Å². The van der Waals surface area contributed by atoms with Gasteiger partial charge in [-0.05, 0) is 18.2 Å². The molecule has 0 bridgehead atoms. The monoisotopic (exact) mass is 392 g/mol. The van der Waals surface area contributed by atoms with Crippen molar-refractivity contribution in [3.8, 4) is 0 Å². The lowest BCUT2D eigenvalue weighted by Gasteiger charge is -2.04. The number of fused-ring (bicyclic) bond motifs is 1. The van der Waals surface area contributed by atoms with Gasteiger partial charge in [0.1, 0.15) is 5.69 Å². The lowest BCUT2D eigenvalue weighted by Crippen LogP contribution is -2.19. The first-order valence-electron chi connectivity index (χ1n) is 7.57. The Kier molecular flexibility index (Phi) is 5.25. The molecule has 0 aliphatic carbocycles. The number of thiazole rings is 1. The molecule has 0 atom stereocenters. The average molecular weight is 392 g/mol. The molecule has 0 spiro atoms. The average Bonchev–Trinajstić information content (AvgIpc) is 2.96. The molecule has 136 valence electrons. The van der Waals surface area contributed by atoms with Crippen molar-refractivity contribution in [1.82, 2.24) is 14.5 Å². The minimum atomic E-state index is -3.32. The molecule has 0 fully saturated rings. The van der Waals surface area contributed by atoms with E-state index in [1.165, 1.54) is 29.9 Å². The quantitative estimate of drug-likeness (QED) is 0.648. The van der Waals surface area contributed by atoms with Crippen LogP contribution in [0, 0.1) is 0 Å². The summed E-state index contributed by atoms with van der Waals surface area (Å²) in [6.45, 7) is 0.896. The van der Waals surface area contributed by atoms with Crippen LogP contribution in [-0.4, -0.2) is 48.8 Å². The molecule has 0 aliphatic rings. The summed E-state index contributed by atoms with van der Waals surface area (Å²) < 4.78 is 31.2. The van der Waals surface area contributed by atoms with Gasteiger partial charge < -0.3 is 9.30 Å². The van der Waals surface area contributed by atoms with Gasteiger partial charge in [0.15, 0.2) is 14.6 Å². The van der Waals surface area contributed by atoms with Gasteiger partial charge in [0.05, 0.1) is 27.9 Å². The predicted molar refractivity (Wildman–Crippen MR) is 96.7 cm³/mol. The van der Waals surface area contributed by atoms with Crippen LogP contribution < -0.4 is 4.80 Å². The van der Waals surface area contributed by atoms with E-state index in [9.17, 15) is 13.2 Å². The summed E-state index contributed by atoms with van der Waals surface area (Å²) in [6.07, 6.45) is 5.40.